The summed E-state index contributed by atoms with van der Waals surface area (Å²) in [6.07, 6.45) is 0.929. The SMILES string of the molecule is CCNC(c1csc(Br)c1)c1ccc2c(c1)OCCCO2. The van der Waals surface area contributed by atoms with Crippen molar-refractivity contribution in [2.45, 2.75) is 19.4 Å². The molecule has 0 radical (unpaired) electrons. The zero-order chi connectivity index (χ0) is 14.7. The van der Waals surface area contributed by atoms with Gasteiger partial charge < -0.3 is 14.8 Å². The molecule has 1 aromatic heterocycles. The molecule has 1 atom stereocenters. The summed E-state index contributed by atoms with van der Waals surface area (Å²) in [6.45, 7) is 4.47. The summed E-state index contributed by atoms with van der Waals surface area (Å²) in [7, 11) is 0. The summed E-state index contributed by atoms with van der Waals surface area (Å²) >= 11 is 5.25. The number of benzene rings is 1. The molecule has 21 heavy (non-hydrogen) atoms. The second-order valence-corrected chi connectivity index (χ2v) is 7.22. The molecule has 5 heteroatoms. The minimum atomic E-state index is 0.176. The average Bonchev–Trinajstić information content (AvgIpc) is 2.78. The minimum Gasteiger partial charge on any atom is -0.490 e. The monoisotopic (exact) mass is 367 g/mol. The van der Waals surface area contributed by atoms with E-state index in [9.17, 15) is 0 Å². The number of ether oxygens (including phenoxy) is 2. The molecular formula is C16H18BrNO2S. The lowest BCUT2D eigenvalue weighted by molar-refractivity contribution is 0.297. The topological polar surface area (TPSA) is 30.5 Å². The lowest BCUT2D eigenvalue weighted by atomic mass is 10.0. The highest BCUT2D eigenvalue weighted by Crippen LogP contribution is 2.35. The Kier molecular flexibility index (Phi) is 4.83. The Morgan fingerprint density at radius 2 is 2.00 bits per heavy atom. The van der Waals surface area contributed by atoms with Crippen LogP contribution in [-0.4, -0.2) is 19.8 Å². The first-order chi connectivity index (χ1) is 10.3. The first kappa shape index (κ1) is 14.9. The molecule has 1 unspecified atom stereocenters. The Morgan fingerprint density at radius 3 is 2.71 bits per heavy atom. The third-order valence-corrected chi connectivity index (χ3v) is 4.96. The maximum Gasteiger partial charge on any atom is 0.161 e. The van der Waals surface area contributed by atoms with Crippen LogP contribution in [0.4, 0.5) is 0 Å². The van der Waals surface area contributed by atoms with Crippen LogP contribution in [0.1, 0.15) is 30.5 Å². The molecule has 112 valence electrons. The summed E-state index contributed by atoms with van der Waals surface area (Å²) in [4.78, 5) is 0. The van der Waals surface area contributed by atoms with Gasteiger partial charge in [-0.3, -0.25) is 0 Å². The van der Waals surface area contributed by atoms with Crippen LogP contribution in [0.15, 0.2) is 33.4 Å². The van der Waals surface area contributed by atoms with E-state index in [-0.39, 0.29) is 6.04 Å². The number of halogens is 1. The summed E-state index contributed by atoms with van der Waals surface area (Å²) < 4.78 is 12.6. The number of rotatable bonds is 4. The third kappa shape index (κ3) is 3.42. The standard InChI is InChI=1S/C16H18BrNO2S/c1-2-18-16(12-9-15(17)21-10-12)11-4-5-13-14(8-11)20-7-3-6-19-13/h4-5,8-10,16,18H,2-3,6-7H2,1H3. The molecule has 1 aliphatic heterocycles. The Morgan fingerprint density at radius 1 is 1.19 bits per heavy atom. The van der Waals surface area contributed by atoms with Crippen LogP contribution in [0.25, 0.3) is 0 Å². The number of thiophene rings is 1. The summed E-state index contributed by atoms with van der Waals surface area (Å²) in [5, 5.41) is 5.72. The quantitative estimate of drug-likeness (QED) is 0.869. The molecule has 0 aliphatic carbocycles. The van der Waals surface area contributed by atoms with E-state index in [0.717, 1.165) is 34.9 Å². The maximum atomic E-state index is 5.80. The molecule has 0 saturated heterocycles. The Balaban J connectivity index is 1.94. The van der Waals surface area contributed by atoms with Gasteiger partial charge in [0.1, 0.15) is 0 Å². The Hall–Kier alpha value is -1.04. The van der Waals surface area contributed by atoms with Gasteiger partial charge in [0, 0.05) is 6.42 Å². The molecule has 1 aliphatic rings. The van der Waals surface area contributed by atoms with E-state index in [2.05, 4.69) is 51.7 Å². The molecule has 1 aromatic carbocycles. The first-order valence-corrected chi connectivity index (χ1v) is 8.82. The van der Waals surface area contributed by atoms with E-state index < -0.39 is 0 Å². The van der Waals surface area contributed by atoms with Crippen LogP contribution in [-0.2, 0) is 0 Å². The van der Waals surface area contributed by atoms with Crippen LogP contribution in [0.5, 0.6) is 11.5 Å². The Labute approximate surface area is 137 Å². The lowest BCUT2D eigenvalue weighted by Crippen LogP contribution is -2.21. The van der Waals surface area contributed by atoms with Crippen molar-refractivity contribution >= 4 is 27.3 Å². The van der Waals surface area contributed by atoms with E-state index in [1.807, 2.05) is 6.07 Å². The fourth-order valence-electron chi connectivity index (χ4n) is 2.47. The van der Waals surface area contributed by atoms with Crippen molar-refractivity contribution in [1.82, 2.24) is 5.32 Å². The van der Waals surface area contributed by atoms with Crippen LogP contribution < -0.4 is 14.8 Å². The third-order valence-electron chi connectivity index (χ3n) is 3.43. The second-order valence-electron chi connectivity index (χ2n) is 4.93. The summed E-state index contributed by atoms with van der Waals surface area (Å²) in [5.74, 6) is 1.69. The smallest absolute Gasteiger partial charge is 0.161 e. The summed E-state index contributed by atoms with van der Waals surface area (Å²) in [5.41, 5.74) is 2.47. The molecule has 1 N–H and O–H groups in total. The van der Waals surface area contributed by atoms with Gasteiger partial charge in [-0.15, -0.1) is 11.3 Å². The highest BCUT2D eigenvalue weighted by Gasteiger charge is 2.18. The van der Waals surface area contributed by atoms with Gasteiger partial charge in [-0.25, -0.2) is 0 Å². The molecule has 3 nitrogen and oxygen atoms in total. The van der Waals surface area contributed by atoms with Crippen LogP contribution in [0.3, 0.4) is 0 Å². The predicted molar refractivity (Wildman–Crippen MR) is 89.6 cm³/mol. The second kappa shape index (κ2) is 6.81. The molecule has 0 amide bonds. The van der Waals surface area contributed by atoms with Crippen LogP contribution in [0.2, 0.25) is 0 Å². The van der Waals surface area contributed by atoms with Crippen molar-refractivity contribution in [3.05, 3.63) is 44.6 Å². The molecule has 0 saturated carbocycles. The van der Waals surface area contributed by atoms with Gasteiger partial charge >= 0.3 is 0 Å². The van der Waals surface area contributed by atoms with E-state index in [1.54, 1.807) is 11.3 Å². The van der Waals surface area contributed by atoms with Crippen molar-refractivity contribution in [3.8, 4) is 11.5 Å². The van der Waals surface area contributed by atoms with Crippen LogP contribution in [0, 0.1) is 0 Å². The highest BCUT2D eigenvalue weighted by molar-refractivity contribution is 9.11. The molecule has 2 heterocycles. The van der Waals surface area contributed by atoms with Gasteiger partial charge in [0.15, 0.2) is 11.5 Å². The van der Waals surface area contributed by atoms with Gasteiger partial charge in [0.25, 0.3) is 0 Å². The van der Waals surface area contributed by atoms with Crippen molar-refractivity contribution in [2.24, 2.45) is 0 Å². The van der Waals surface area contributed by atoms with E-state index in [0.29, 0.717) is 6.61 Å². The average molecular weight is 368 g/mol. The number of fused-ring (bicyclic) bond motifs is 1. The van der Waals surface area contributed by atoms with E-state index in [1.165, 1.54) is 11.1 Å². The van der Waals surface area contributed by atoms with Gasteiger partial charge in [-0.05, 0) is 57.2 Å². The van der Waals surface area contributed by atoms with Crippen molar-refractivity contribution in [3.63, 3.8) is 0 Å². The zero-order valence-corrected chi connectivity index (χ0v) is 14.3. The van der Waals surface area contributed by atoms with E-state index >= 15 is 0 Å². The largest absolute Gasteiger partial charge is 0.490 e. The molecule has 0 bridgehead atoms. The van der Waals surface area contributed by atoms with Gasteiger partial charge in [0.2, 0.25) is 0 Å². The molecule has 3 rings (SSSR count). The molecular weight excluding hydrogens is 350 g/mol. The summed E-state index contributed by atoms with van der Waals surface area (Å²) in [6, 6.07) is 8.57. The van der Waals surface area contributed by atoms with Crippen molar-refractivity contribution in [1.29, 1.82) is 0 Å². The van der Waals surface area contributed by atoms with Crippen molar-refractivity contribution < 1.29 is 9.47 Å². The molecule has 2 aromatic rings. The van der Waals surface area contributed by atoms with Gasteiger partial charge in [0.05, 0.1) is 23.0 Å². The fourth-order valence-corrected chi connectivity index (χ4v) is 3.67. The lowest BCUT2D eigenvalue weighted by Gasteiger charge is -2.19. The molecule has 0 spiro atoms. The van der Waals surface area contributed by atoms with Gasteiger partial charge in [-0.1, -0.05) is 13.0 Å². The predicted octanol–water partition coefficient (Wildman–Crippen LogP) is 4.37. The number of hydrogen-bond acceptors (Lipinski definition) is 4. The fraction of sp³-hybridized carbons (Fsp3) is 0.375. The van der Waals surface area contributed by atoms with Crippen molar-refractivity contribution in [2.75, 3.05) is 19.8 Å². The van der Waals surface area contributed by atoms with Gasteiger partial charge in [-0.2, -0.15) is 0 Å². The number of nitrogens with one attached hydrogen (secondary N) is 1. The highest BCUT2D eigenvalue weighted by atomic mass is 79.9. The Bertz CT molecular complexity index is 614. The molecule has 0 fully saturated rings. The normalized spacial score (nSPS) is 15.5. The number of hydrogen-bond donors (Lipinski definition) is 1. The van der Waals surface area contributed by atoms with E-state index in [4.69, 9.17) is 9.47 Å². The minimum absolute atomic E-state index is 0.176. The zero-order valence-electron chi connectivity index (χ0n) is 11.9. The first-order valence-electron chi connectivity index (χ1n) is 7.15. The maximum absolute atomic E-state index is 5.80. The van der Waals surface area contributed by atoms with Crippen LogP contribution >= 0.6 is 27.3 Å².